The standard InChI is InChI=1S/C55H35N3O.Y/c1-2-14-37(15-3-1)39-16-12-24-54-48(34-39)49-36-41(17-13-25-55(49)59-54)58-52-30-27-38(42-18-4-6-20-44(42)50-22-8-10-32-56-50)26-29-46(52)47-35-40(28-31-53(47)58)43-19-5-7-21-45(43)51-23-9-11-33-57-51;/h1-11,14-28,30-36H,29H2;. The van der Waals surface area contributed by atoms with Crippen molar-refractivity contribution in [2.45, 2.75) is 6.42 Å². The fraction of sp³-hybridized carbons (Fsp3) is 0.0182. The molecule has 60 heavy (non-hydrogen) atoms. The van der Waals surface area contributed by atoms with Crippen LogP contribution in [-0.2, 0) is 39.1 Å². The number of allylic oxidation sites excluding steroid dienone is 7. The first-order chi connectivity index (χ1) is 29.3. The summed E-state index contributed by atoms with van der Waals surface area (Å²) in [5.74, 6) is 1.55. The third kappa shape index (κ3) is 6.73. The van der Waals surface area contributed by atoms with Crippen molar-refractivity contribution in [3.05, 3.63) is 227 Å². The molecule has 5 heteroatoms. The molecular weight excluding hydrogens is 808 g/mol. The van der Waals surface area contributed by atoms with Gasteiger partial charge in [-0.15, -0.1) is 11.5 Å². The van der Waals surface area contributed by atoms with E-state index in [4.69, 9.17) is 14.4 Å². The molecule has 0 unspecified atom stereocenters. The summed E-state index contributed by atoms with van der Waals surface area (Å²) in [5, 5.41) is 1.20. The normalized spacial score (nSPS) is 13.6. The van der Waals surface area contributed by atoms with Gasteiger partial charge in [0.25, 0.3) is 0 Å². The van der Waals surface area contributed by atoms with Crippen molar-refractivity contribution in [2.75, 3.05) is 0 Å². The number of nitrogens with zero attached hydrogens (tertiary/aromatic N) is 3. The van der Waals surface area contributed by atoms with Gasteiger partial charge in [0.05, 0.1) is 28.3 Å². The van der Waals surface area contributed by atoms with Crippen molar-refractivity contribution in [3.63, 3.8) is 0 Å². The number of hydrogen-bond donors (Lipinski definition) is 0. The van der Waals surface area contributed by atoms with Crippen molar-refractivity contribution in [1.29, 1.82) is 0 Å². The van der Waals surface area contributed by atoms with Gasteiger partial charge in [-0.25, -0.2) is 0 Å². The Bertz CT molecular complexity index is 3240. The average Bonchev–Trinajstić information content (AvgIpc) is 3.47. The third-order valence-corrected chi connectivity index (χ3v) is 11.3. The summed E-state index contributed by atoms with van der Waals surface area (Å²) in [4.78, 5) is 9.45. The van der Waals surface area contributed by atoms with Crippen LogP contribution in [0.4, 0.5) is 0 Å². The molecule has 0 saturated carbocycles. The van der Waals surface area contributed by atoms with Gasteiger partial charge in [0, 0.05) is 91.0 Å². The molecule has 0 atom stereocenters. The molecule has 279 valence electrons. The first-order valence-electron chi connectivity index (χ1n) is 19.8. The smallest absolute Gasteiger partial charge is 0.143 e. The molecule has 0 saturated heterocycles. The van der Waals surface area contributed by atoms with Gasteiger partial charge >= 0.3 is 0 Å². The van der Waals surface area contributed by atoms with Gasteiger partial charge < -0.3 is 8.98 Å². The Balaban J connectivity index is 0.00000433. The van der Waals surface area contributed by atoms with Gasteiger partial charge in [-0.3, -0.25) is 9.97 Å². The number of aromatic nitrogens is 3. The molecule has 0 spiro atoms. The van der Waals surface area contributed by atoms with E-state index in [1.807, 2.05) is 61.0 Å². The summed E-state index contributed by atoms with van der Waals surface area (Å²) >= 11 is 0. The predicted octanol–water partition coefficient (Wildman–Crippen LogP) is 13.6. The largest absolute Gasteiger partial charge is 0.455 e. The number of furan rings is 1. The Kier molecular flexibility index (Phi) is 9.99. The number of rotatable bonds is 6. The van der Waals surface area contributed by atoms with E-state index in [0.717, 1.165) is 102 Å². The van der Waals surface area contributed by atoms with Crippen LogP contribution in [0.1, 0.15) is 45.0 Å². The topological polar surface area (TPSA) is 43.9 Å². The molecule has 0 bridgehead atoms. The van der Waals surface area contributed by atoms with Crippen molar-refractivity contribution < 1.29 is 37.1 Å². The second-order valence-corrected chi connectivity index (χ2v) is 14.8. The summed E-state index contributed by atoms with van der Waals surface area (Å²) in [6.07, 6.45) is 23.8. The van der Waals surface area contributed by atoms with Crippen LogP contribution >= 0.6 is 0 Å². The third-order valence-electron chi connectivity index (χ3n) is 11.3. The molecule has 4 aromatic heterocycles. The van der Waals surface area contributed by atoms with Gasteiger partial charge in [0.1, 0.15) is 11.5 Å². The van der Waals surface area contributed by atoms with Crippen molar-refractivity contribution in [2.24, 2.45) is 0 Å². The second-order valence-electron chi connectivity index (χ2n) is 14.8. The zero-order valence-corrected chi connectivity index (χ0v) is 35.4. The summed E-state index contributed by atoms with van der Waals surface area (Å²) in [6, 6.07) is 46.6. The predicted molar refractivity (Wildman–Crippen MR) is 243 cm³/mol. The molecule has 4 heterocycles. The average molecular weight is 843 g/mol. The van der Waals surface area contributed by atoms with Crippen molar-refractivity contribution in [1.82, 2.24) is 14.5 Å². The molecule has 3 aliphatic carbocycles. The minimum Gasteiger partial charge on any atom is -0.455 e. The number of pyridine rings is 2. The summed E-state index contributed by atoms with van der Waals surface area (Å²) in [5.41, 5.74) is 24.3. The van der Waals surface area contributed by atoms with Gasteiger partial charge in [-0.2, -0.15) is 0 Å². The van der Waals surface area contributed by atoms with E-state index >= 15 is 0 Å². The molecule has 0 aliphatic heterocycles. The van der Waals surface area contributed by atoms with Crippen LogP contribution in [0.5, 0.6) is 0 Å². The van der Waals surface area contributed by atoms with E-state index in [9.17, 15) is 0 Å². The second kappa shape index (κ2) is 16.0. The van der Waals surface area contributed by atoms with Crippen molar-refractivity contribution >= 4 is 58.1 Å². The maximum atomic E-state index is 6.47. The number of fused-ring (bicyclic) bond motifs is 6. The number of hydrogen-bond acceptors (Lipinski definition) is 3. The quantitative estimate of drug-likeness (QED) is 0.157. The zero-order valence-electron chi connectivity index (χ0n) is 32.6. The Labute approximate surface area is 373 Å². The molecule has 3 aliphatic rings. The minimum absolute atomic E-state index is 0. The van der Waals surface area contributed by atoms with E-state index in [-0.39, 0.29) is 32.7 Å². The molecule has 0 amide bonds. The fourth-order valence-electron chi connectivity index (χ4n) is 8.55. The van der Waals surface area contributed by atoms with Gasteiger partial charge in [-0.1, -0.05) is 109 Å². The van der Waals surface area contributed by atoms with Crippen LogP contribution in [0, 0.1) is 0 Å². The minimum atomic E-state index is 0. The summed E-state index contributed by atoms with van der Waals surface area (Å²) < 4.78 is 8.86. The molecule has 0 N–H and O–H groups in total. The van der Waals surface area contributed by atoms with Crippen LogP contribution in [0.2, 0.25) is 0 Å². The van der Waals surface area contributed by atoms with Crippen LogP contribution in [0.3, 0.4) is 0 Å². The van der Waals surface area contributed by atoms with Gasteiger partial charge in [-0.05, 0) is 106 Å². The molecular formula is C55H35N3OY. The monoisotopic (exact) mass is 842 g/mol. The van der Waals surface area contributed by atoms with Crippen LogP contribution in [0.25, 0.3) is 91.8 Å². The number of benzene rings is 4. The SMILES string of the molecule is C1=CC(c2ccccc2)=Cc2c(oc3c2C=C(n2c4c(c5cc(-c6ccccc6-c6ccccn6)ccc52)CC=C(c2ccccc2-c2ccccn2)C=C4)C=C=C3)C=1.[Y]. The van der Waals surface area contributed by atoms with Gasteiger partial charge in [0.2, 0.25) is 0 Å². The Hall–Kier alpha value is -6.90. The van der Waals surface area contributed by atoms with Gasteiger partial charge in [0.15, 0.2) is 0 Å². The Morgan fingerprint density at radius 2 is 1.17 bits per heavy atom. The molecule has 4 aromatic carbocycles. The van der Waals surface area contributed by atoms with Crippen LogP contribution in [0.15, 0.2) is 186 Å². The van der Waals surface area contributed by atoms with Crippen LogP contribution in [-0.4, -0.2) is 14.5 Å². The van der Waals surface area contributed by atoms with E-state index in [0.29, 0.717) is 0 Å². The summed E-state index contributed by atoms with van der Waals surface area (Å²) in [6.45, 7) is 0. The first-order valence-corrected chi connectivity index (χ1v) is 19.8. The first kappa shape index (κ1) is 37.4. The Morgan fingerprint density at radius 3 is 1.88 bits per heavy atom. The van der Waals surface area contributed by atoms with E-state index in [2.05, 4.69) is 156 Å². The molecule has 8 aromatic rings. The maximum absolute atomic E-state index is 6.47. The fourth-order valence-corrected chi connectivity index (χ4v) is 8.55. The summed E-state index contributed by atoms with van der Waals surface area (Å²) in [7, 11) is 0. The molecule has 11 rings (SSSR count). The molecule has 1 radical (unpaired) electrons. The van der Waals surface area contributed by atoms with E-state index < -0.39 is 0 Å². The van der Waals surface area contributed by atoms with Crippen molar-refractivity contribution in [3.8, 4) is 33.6 Å². The maximum Gasteiger partial charge on any atom is 0.143 e. The zero-order chi connectivity index (χ0) is 39.1. The van der Waals surface area contributed by atoms with Crippen LogP contribution < -0.4 is 0 Å². The van der Waals surface area contributed by atoms with E-state index in [1.165, 1.54) is 10.9 Å². The molecule has 4 nitrogen and oxygen atoms in total. The molecule has 0 fully saturated rings. The Morgan fingerprint density at radius 1 is 0.533 bits per heavy atom. The van der Waals surface area contributed by atoms with E-state index in [1.54, 1.807) is 0 Å².